The lowest BCUT2D eigenvalue weighted by Gasteiger charge is -2.30. The van der Waals surface area contributed by atoms with Gasteiger partial charge < -0.3 is 20.4 Å². The zero-order chi connectivity index (χ0) is 20.0. The second-order valence-corrected chi connectivity index (χ2v) is 8.49. The molecule has 1 atom stereocenters. The first-order valence-corrected chi connectivity index (χ1v) is 11.7. The molecule has 0 aromatic heterocycles. The summed E-state index contributed by atoms with van der Waals surface area (Å²) in [6.07, 6.45) is 10.2. The highest BCUT2D eigenvalue weighted by Gasteiger charge is 2.16. The third-order valence-electron chi connectivity index (χ3n) is 5.81. The lowest BCUT2D eigenvalue weighted by molar-refractivity contribution is -0.130. The van der Waals surface area contributed by atoms with Crippen LogP contribution in [-0.2, 0) is 4.79 Å². The number of piperidine rings is 1. The number of unbranched alkanes of at least 4 members (excludes halogenated alkanes) is 1. The molecule has 0 bridgehead atoms. The monoisotopic (exact) mass is 521 g/mol. The molecule has 170 valence electrons. The molecule has 2 heterocycles. The van der Waals surface area contributed by atoms with E-state index in [1.807, 2.05) is 4.90 Å². The topological polar surface area (TPSA) is 60.0 Å². The van der Waals surface area contributed by atoms with Crippen molar-refractivity contribution in [1.82, 2.24) is 20.4 Å². The molecule has 0 aromatic rings. The van der Waals surface area contributed by atoms with Gasteiger partial charge in [-0.05, 0) is 70.9 Å². The molecule has 0 spiro atoms. The SMILES string of the molecule is CCNC(=NCCCN1CCCCCC1=O)NCCCCN1CCCC(C)C1.I. The van der Waals surface area contributed by atoms with Crippen molar-refractivity contribution in [3.05, 3.63) is 0 Å². The van der Waals surface area contributed by atoms with Crippen molar-refractivity contribution < 1.29 is 4.79 Å². The molecule has 0 aromatic carbocycles. The summed E-state index contributed by atoms with van der Waals surface area (Å²) >= 11 is 0. The molecule has 2 aliphatic rings. The van der Waals surface area contributed by atoms with Gasteiger partial charge in [0.2, 0.25) is 5.91 Å². The molecule has 2 fully saturated rings. The Kier molecular flexibility index (Phi) is 14.8. The highest BCUT2D eigenvalue weighted by atomic mass is 127. The van der Waals surface area contributed by atoms with Gasteiger partial charge >= 0.3 is 0 Å². The summed E-state index contributed by atoms with van der Waals surface area (Å²) in [6.45, 7) is 12.6. The Hall–Kier alpha value is -0.570. The van der Waals surface area contributed by atoms with Gasteiger partial charge in [-0.1, -0.05) is 13.3 Å². The summed E-state index contributed by atoms with van der Waals surface area (Å²) in [7, 11) is 0. The van der Waals surface area contributed by atoms with E-state index in [-0.39, 0.29) is 24.0 Å². The second kappa shape index (κ2) is 16.2. The molecular formula is C22H44IN5O. The summed E-state index contributed by atoms with van der Waals surface area (Å²) < 4.78 is 0. The van der Waals surface area contributed by atoms with Crippen LogP contribution >= 0.6 is 24.0 Å². The van der Waals surface area contributed by atoms with Gasteiger partial charge in [-0.25, -0.2) is 0 Å². The number of hydrogen-bond donors (Lipinski definition) is 2. The number of nitrogens with zero attached hydrogens (tertiary/aromatic N) is 3. The number of halogens is 1. The summed E-state index contributed by atoms with van der Waals surface area (Å²) in [5.41, 5.74) is 0. The van der Waals surface area contributed by atoms with E-state index in [0.717, 1.165) is 70.3 Å². The number of carbonyl (C=O) groups is 1. The van der Waals surface area contributed by atoms with Crippen molar-refractivity contribution in [3.8, 4) is 0 Å². The maximum atomic E-state index is 12.0. The van der Waals surface area contributed by atoms with Gasteiger partial charge in [-0.15, -0.1) is 24.0 Å². The van der Waals surface area contributed by atoms with Crippen LogP contribution in [0.1, 0.15) is 71.6 Å². The van der Waals surface area contributed by atoms with E-state index in [1.165, 1.54) is 51.7 Å². The van der Waals surface area contributed by atoms with Crippen molar-refractivity contribution in [2.75, 3.05) is 52.4 Å². The van der Waals surface area contributed by atoms with Crippen LogP contribution in [0.5, 0.6) is 0 Å². The van der Waals surface area contributed by atoms with Crippen molar-refractivity contribution >= 4 is 35.8 Å². The van der Waals surface area contributed by atoms with E-state index in [9.17, 15) is 4.79 Å². The maximum Gasteiger partial charge on any atom is 0.222 e. The van der Waals surface area contributed by atoms with E-state index in [2.05, 4.69) is 34.4 Å². The number of nitrogens with one attached hydrogen (secondary N) is 2. The van der Waals surface area contributed by atoms with Gasteiger partial charge in [-0.2, -0.15) is 0 Å². The molecule has 0 aliphatic carbocycles. The summed E-state index contributed by atoms with van der Waals surface area (Å²) in [4.78, 5) is 21.4. The molecule has 7 heteroatoms. The number of carbonyl (C=O) groups excluding carboxylic acids is 1. The lowest BCUT2D eigenvalue weighted by Crippen LogP contribution is -2.38. The number of amides is 1. The Morgan fingerprint density at radius 3 is 2.72 bits per heavy atom. The van der Waals surface area contributed by atoms with Crippen LogP contribution in [0.2, 0.25) is 0 Å². The molecule has 6 nitrogen and oxygen atoms in total. The Bertz CT molecular complexity index is 474. The number of rotatable bonds is 10. The molecule has 0 saturated carbocycles. The van der Waals surface area contributed by atoms with E-state index < -0.39 is 0 Å². The first kappa shape index (κ1) is 26.5. The Morgan fingerprint density at radius 2 is 1.93 bits per heavy atom. The van der Waals surface area contributed by atoms with Crippen molar-refractivity contribution in [3.63, 3.8) is 0 Å². The van der Waals surface area contributed by atoms with Gasteiger partial charge in [-0.3, -0.25) is 9.79 Å². The highest BCUT2D eigenvalue weighted by molar-refractivity contribution is 14.0. The Balaban J connectivity index is 0.00000420. The van der Waals surface area contributed by atoms with Crippen LogP contribution in [0.15, 0.2) is 4.99 Å². The fourth-order valence-corrected chi connectivity index (χ4v) is 4.23. The number of guanidine groups is 1. The smallest absolute Gasteiger partial charge is 0.222 e. The summed E-state index contributed by atoms with van der Waals surface area (Å²) in [5.74, 6) is 2.11. The predicted molar refractivity (Wildman–Crippen MR) is 133 cm³/mol. The minimum Gasteiger partial charge on any atom is -0.357 e. The van der Waals surface area contributed by atoms with Gasteiger partial charge in [0, 0.05) is 45.7 Å². The second-order valence-electron chi connectivity index (χ2n) is 8.49. The van der Waals surface area contributed by atoms with E-state index in [0.29, 0.717) is 5.91 Å². The minimum atomic E-state index is 0. The van der Waals surface area contributed by atoms with Gasteiger partial charge in [0.1, 0.15) is 0 Å². The standard InChI is InChI=1S/C22H43N5O.HI/c1-3-23-22(24-13-6-8-15-26-16-9-11-20(2)19-26)25-14-10-18-27-17-7-4-5-12-21(27)28;/h20H,3-19H2,1-2H3,(H2,23,24,25);1H. The van der Waals surface area contributed by atoms with Crippen LogP contribution in [0, 0.1) is 5.92 Å². The highest BCUT2D eigenvalue weighted by Crippen LogP contribution is 2.15. The third-order valence-corrected chi connectivity index (χ3v) is 5.81. The number of aliphatic imine (C=N–C) groups is 1. The largest absolute Gasteiger partial charge is 0.357 e. The van der Waals surface area contributed by atoms with Crippen LogP contribution in [0.25, 0.3) is 0 Å². The zero-order valence-corrected chi connectivity index (χ0v) is 21.1. The van der Waals surface area contributed by atoms with Gasteiger partial charge in [0.15, 0.2) is 5.96 Å². The lowest BCUT2D eigenvalue weighted by atomic mass is 10.0. The molecule has 2 rings (SSSR count). The molecule has 0 radical (unpaired) electrons. The molecular weight excluding hydrogens is 477 g/mol. The zero-order valence-electron chi connectivity index (χ0n) is 18.8. The van der Waals surface area contributed by atoms with E-state index >= 15 is 0 Å². The van der Waals surface area contributed by atoms with E-state index in [1.54, 1.807) is 0 Å². The average Bonchev–Trinajstić information content (AvgIpc) is 2.89. The average molecular weight is 522 g/mol. The molecule has 29 heavy (non-hydrogen) atoms. The van der Waals surface area contributed by atoms with E-state index in [4.69, 9.17) is 0 Å². The van der Waals surface area contributed by atoms with Crippen LogP contribution in [0.3, 0.4) is 0 Å². The van der Waals surface area contributed by atoms with Crippen LogP contribution < -0.4 is 10.6 Å². The first-order chi connectivity index (χ1) is 13.7. The summed E-state index contributed by atoms with van der Waals surface area (Å²) in [5, 5.41) is 6.80. The van der Waals surface area contributed by atoms with Crippen molar-refractivity contribution in [2.45, 2.75) is 71.6 Å². The first-order valence-electron chi connectivity index (χ1n) is 11.7. The Labute approximate surface area is 195 Å². The molecule has 2 aliphatic heterocycles. The predicted octanol–water partition coefficient (Wildman–Crippen LogP) is 3.46. The fourth-order valence-electron chi connectivity index (χ4n) is 4.23. The molecule has 2 N–H and O–H groups in total. The van der Waals surface area contributed by atoms with Gasteiger partial charge in [0.25, 0.3) is 0 Å². The quantitative estimate of drug-likeness (QED) is 0.200. The number of hydrogen-bond acceptors (Lipinski definition) is 3. The third kappa shape index (κ3) is 11.4. The fraction of sp³-hybridized carbons (Fsp3) is 0.909. The van der Waals surface area contributed by atoms with Crippen molar-refractivity contribution in [1.29, 1.82) is 0 Å². The van der Waals surface area contributed by atoms with Crippen LogP contribution in [-0.4, -0.2) is 74.0 Å². The molecule has 1 amide bonds. The van der Waals surface area contributed by atoms with Crippen molar-refractivity contribution in [2.24, 2.45) is 10.9 Å². The Morgan fingerprint density at radius 1 is 1.07 bits per heavy atom. The molecule has 2 saturated heterocycles. The molecule has 1 unspecified atom stereocenters. The van der Waals surface area contributed by atoms with Crippen LogP contribution in [0.4, 0.5) is 0 Å². The minimum absolute atomic E-state index is 0. The van der Waals surface area contributed by atoms with Gasteiger partial charge in [0.05, 0.1) is 0 Å². The normalized spacial score (nSPS) is 21.4. The number of likely N-dealkylation sites (tertiary alicyclic amines) is 2. The summed E-state index contributed by atoms with van der Waals surface area (Å²) in [6, 6.07) is 0. The maximum absolute atomic E-state index is 12.0.